The molecule has 2 aromatic carbocycles. The first kappa shape index (κ1) is 24.0. The van der Waals surface area contributed by atoms with E-state index in [1.54, 1.807) is 42.5 Å². The minimum absolute atomic E-state index is 0.00442. The van der Waals surface area contributed by atoms with Gasteiger partial charge in [-0.15, -0.1) is 0 Å². The van der Waals surface area contributed by atoms with Gasteiger partial charge in [-0.3, -0.25) is 29.4 Å². The van der Waals surface area contributed by atoms with Gasteiger partial charge in [-0.2, -0.15) is 0 Å². The van der Waals surface area contributed by atoms with E-state index in [9.17, 15) is 24.5 Å². The van der Waals surface area contributed by atoms with Gasteiger partial charge in [0.25, 0.3) is 16.8 Å². The molecule has 1 aromatic heterocycles. The van der Waals surface area contributed by atoms with Crippen LogP contribution in [0.4, 0.5) is 16.2 Å². The highest BCUT2D eigenvalue weighted by Crippen LogP contribution is 2.35. The van der Waals surface area contributed by atoms with Gasteiger partial charge in [0.2, 0.25) is 5.91 Å². The summed E-state index contributed by atoms with van der Waals surface area (Å²) < 4.78 is 10.7. The SMILES string of the molecule is COc1ccc(NC(=O)CN2C(=O)S/C(=C/c3ccc(-c4ccc(Cl)c([N+](=O)[O-])c4)o3)C2=O)cc1. The third kappa shape index (κ3) is 5.36. The highest BCUT2D eigenvalue weighted by Gasteiger charge is 2.36. The maximum absolute atomic E-state index is 12.7. The Hall–Kier alpha value is -4.09. The molecular weight excluding hydrogens is 498 g/mol. The van der Waals surface area contributed by atoms with Gasteiger partial charge in [-0.05, 0) is 60.3 Å². The Morgan fingerprint density at radius 3 is 2.63 bits per heavy atom. The number of carbonyl (C=O) groups excluding carboxylic acids is 3. The lowest BCUT2D eigenvalue weighted by molar-refractivity contribution is -0.384. The number of methoxy groups -OCH3 is 1. The van der Waals surface area contributed by atoms with Crippen molar-refractivity contribution in [2.75, 3.05) is 19.0 Å². The number of carbonyl (C=O) groups is 3. The summed E-state index contributed by atoms with van der Waals surface area (Å²) >= 11 is 6.52. The van der Waals surface area contributed by atoms with E-state index < -0.39 is 28.5 Å². The fourth-order valence-electron chi connectivity index (χ4n) is 3.18. The van der Waals surface area contributed by atoms with E-state index >= 15 is 0 Å². The summed E-state index contributed by atoms with van der Waals surface area (Å²) in [5.74, 6) is 0.0163. The van der Waals surface area contributed by atoms with Crippen LogP contribution in [-0.4, -0.2) is 40.5 Å². The first-order valence-corrected chi connectivity index (χ1v) is 11.2. The second-order valence-corrected chi connectivity index (χ2v) is 8.57. The number of furan rings is 1. The zero-order valence-corrected chi connectivity index (χ0v) is 19.6. The fourth-order valence-corrected chi connectivity index (χ4v) is 4.18. The van der Waals surface area contributed by atoms with Crippen molar-refractivity contribution in [2.24, 2.45) is 0 Å². The lowest BCUT2D eigenvalue weighted by Crippen LogP contribution is -2.36. The van der Waals surface area contributed by atoms with E-state index in [1.165, 1.54) is 25.3 Å². The topological polar surface area (TPSA) is 132 Å². The molecule has 2 heterocycles. The molecule has 3 aromatic rings. The second-order valence-electron chi connectivity index (χ2n) is 7.17. The van der Waals surface area contributed by atoms with Gasteiger partial charge in [-0.25, -0.2) is 0 Å². The van der Waals surface area contributed by atoms with Crippen LogP contribution in [0.1, 0.15) is 5.76 Å². The molecule has 0 unspecified atom stereocenters. The maximum atomic E-state index is 12.7. The number of nitrogens with one attached hydrogen (secondary N) is 1. The molecule has 4 rings (SSSR count). The van der Waals surface area contributed by atoms with Crippen molar-refractivity contribution < 1.29 is 28.5 Å². The van der Waals surface area contributed by atoms with Crippen LogP contribution in [0.5, 0.6) is 5.75 Å². The molecule has 1 N–H and O–H groups in total. The van der Waals surface area contributed by atoms with Crippen LogP contribution < -0.4 is 10.1 Å². The number of nitrogens with zero attached hydrogens (tertiary/aromatic N) is 2. The Bertz CT molecular complexity index is 1370. The van der Waals surface area contributed by atoms with Crippen LogP contribution in [0.2, 0.25) is 5.02 Å². The van der Waals surface area contributed by atoms with Gasteiger partial charge in [0.05, 0.1) is 16.9 Å². The molecule has 1 aliphatic rings. The molecule has 0 spiro atoms. The van der Waals surface area contributed by atoms with Crippen LogP contribution in [0.3, 0.4) is 0 Å². The van der Waals surface area contributed by atoms with Gasteiger partial charge < -0.3 is 14.5 Å². The van der Waals surface area contributed by atoms with E-state index in [-0.39, 0.29) is 21.4 Å². The smallest absolute Gasteiger partial charge is 0.294 e. The van der Waals surface area contributed by atoms with E-state index in [4.69, 9.17) is 20.8 Å². The Morgan fingerprint density at radius 2 is 1.94 bits per heavy atom. The first-order chi connectivity index (χ1) is 16.7. The molecule has 0 atom stereocenters. The average Bonchev–Trinajstić information content (AvgIpc) is 3.40. The Kier molecular flexibility index (Phi) is 6.90. The third-order valence-electron chi connectivity index (χ3n) is 4.88. The molecular formula is C23H16ClN3O7S. The number of amides is 3. The molecule has 10 nitrogen and oxygen atoms in total. The number of halogens is 1. The number of ether oxygens (including phenoxy) is 1. The molecule has 1 aliphatic heterocycles. The summed E-state index contributed by atoms with van der Waals surface area (Å²) in [4.78, 5) is 48.8. The molecule has 1 saturated heterocycles. The predicted octanol–water partition coefficient (Wildman–Crippen LogP) is 5.19. The van der Waals surface area contributed by atoms with Crippen molar-refractivity contribution in [3.8, 4) is 17.1 Å². The number of benzene rings is 2. The number of nitro benzene ring substituents is 1. The molecule has 0 aliphatic carbocycles. The number of rotatable bonds is 7. The third-order valence-corrected chi connectivity index (χ3v) is 6.10. The molecule has 0 saturated carbocycles. The van der Waals surface area contributed by atoms with Gasteiger partial charge in [-0.1, -0.05) is 11.6 Å². The van der Waals surface area contributed by atoms with Crippen molar-refractivity contribution in [3.05, 3.63) is 80.4 Å². The van der Waals surface area contributed by atoms with Crippen LogP contribution in [0, 0.1) is 10.1 Å². The number of hydrogen-bond acceptors (Lipinski definition) is 8. The lowest BCUT2D eigenvalue weighted by atomic mass is 10.1. The Morgan fingerprint density at radius 1 is 1.20 bits per heavy atom. The molecule has 3 amide bonds. The summed E-state index contributed by atoms with van der Waals surface area (Å²) in [6.07, 6.45) is 1.38. The van der Waals surface area contributed by atoms with Crippen LogP contribution in [-0.2, 0) is 9.59 Å². The standard InChI is InChI=1S/C23H16ClN3O7S/c1-33-15-5-3-14(4-6-15)25-21(28)12-26-22(29)20(35-23(26)30)11-16-7-9-19(34-16)13-2-8-17(24)18(10-13)27(31)32/h2-11H,12H2,1H3,(H,25,28)/b20-11+. The highest BCUT2D eigenvalue weighted by molar-refractivity contribution is 8.18. The predicted molar refractivity (Wildman–Crippen MR) is 130 cm³/mol. The maximum Gasteiger partial charge on any atom is 0.294 e. The van der Waals surface area contributed by atoms with Crippen LogP contribution >= 0.6 is 23.4 Å². The molecule has 12 heteroatoms. The Labute approximate surface area is 207 Å². The fraction of sp³-hybridized carbons (Fsp3) is 0.0870. The van der Waals surface area contributed by atoms with E-state index in [0.717, 1.165) is 4.90 Å². The molecule has 178 valence electrons. The van der Waals surface area contributed by atoms with Gasteiger partial charge in [0.15, 0.2) is 0 Å². The summed E-state index contributed by atoms with van der Waals surface area (Å²) in [5.41, 5.74) is 0.643. The largest absolute Gasteiger partial charge is 0.497 e. The number of anilines is 1. The number of imide groups is 1. The summed E-state index contributed by atoms with van der Waals surface area (Å²) in [5, 5.41) is 13.1. The number of thioether (sulfide) groups is 1. The minimum atomic E-state index is -0.634. The molecule has 35 heavy (non-hydrogen) atoms. The summed E-state index contributed by atoms with van der Waals surface area (Å²) in [7, 11) is 1.52. The summed E-state index contributed by atoms with van der Waals surface area (Å²) in [6, 6.07) is 14.0. The molecule has 1 fully saturated rings. The first-order valence-electron chi connectivity index (χ1n) is 9.98. The van der Waals surface area contributed by atoms with Crippen LogP contribution in [0.25, 0.3) is 17.4 Å². The lowest BCUT2D eigenvalue weighted by Gasteiger charge is -2.12. The quantitative estimate of drug-likeness (QED) is 0.259. The van der Waals surface area contributed by atoms with Gasteiger partial charge in [0.1, 0.15) is 28.8 Å². The van der Waals surface area contributed by atoms with Crippen molar-refractivity contribution >= 4 is 57.9 Å². The zero-order valence-electron chi connectivity index (χ0n) is 18.0. The second kappa shape index (κ2) is 10.0. The number of nitro groups is 1. The van der Waals surface area contributed by atoms with Crippen molar-refractivity contribution in [3.63, 3.8) is 0 Å². The average molecular weight is 514 g/mol. The van der Waals surface area contributed by atoms with Crippen molar-refractivity contribution in [1.29, 1.82) is 0 Å². The van der Waals surface area contributed by atoms with Gasteiger partial charge >= 0.3 is 0 Å². The molecule has 0 bridgehead atoms. The summed E-state index contributed by atoms with van der Waals surface area (Å²) in [6.45, 7) is -0.452. The van der Waals surface area contributed by atoms with Crippen molar-refractivity contribution in [1.82, 2.24) is 4.90 Å². The highest BCUT2D eigenvalue weighted by atomic mass is 35.5. The molecule has 0 radical (unpaired) electrons. The Balaban J connectivity index is 1.45. The normalized spacial score (nSPS) is 14.5. The monoisotopic (exact) mass is 513 g/mol. The van der Waals surface area contributed by atoms with E-state index in [0.29, 0.717) is 34.5 Å². The van der Waals surface area contributed by atoms with E-state index in [1.807, 2.05) is 0 Å². The van der Waals surface area contributed by atoms with Crippen molar-refractivity contribution in [2.45, 2.75) is 0 Å². The van der Waals surface area contributed by atoms with Crippen LogP contribution in [0.15, 0.2) is 63.9 Å². The van der Waals surface area contributed by atoms with Gasteiger partial charge in [0, 0.05) is 23.4 Å². The zero-order chi connectivity index (χ0) is 25.1. The minimum Gasteiger partial charge on any atom is -0.497 e. The number of hydrogen-bond donors (Lipinski definition) is 1. The van der Waals surface area contributed by atoms with E-state index in [2.05, 4.69) is 5.32 Å².